The molecule has 2 heterocycles. The molecule has 2 unspecified atom stereocenters. The number of carbonyl (C=O) groups excluding carboxylic acids is 1. The Morgan fingerprint density at radius 1 is 0.972 bits per heavy atom. The van der Waals surface area contributed by atoms with E-state index in [1.807, 2.05) is 84.7 Å². The minimum Gasteiger partial charge on any atom is -0.468 e. The Bertz CT molecular complexity index is 1330. The van der Waals surface area contributed by atoms with Gasteiger partial charge in [-0.2, -0.15) is 0 Å². The smallest absolute Gasteiger partial charge is 0.327 e. The van der Waals surface area contributed by atoms with Crippen LogP contribution in [0.25, 0.3) is 22.6 Å². The molecule has 8 heteroatoms. The number of anilines is 1. The number of aliphatic hydroxyl groups excluding tert-OH is 1. The molecule has 0 bridgehead atoms. The van der Waals surface area contributed by atoms with E-state index in [2.05, 4.69) is 15.2 Å². The van der Waals surface area contributed by atoms with Crippen LogP contribution in [0, 0.1) is 0 Å². The third-order valence-electron chi connectivity index (χ3n) is 6.71. The molecule has 4 aromatic rings. The first-order valence-corrected chi connectivity index (χ1v) is 12.0. The number of hydrogen-bond acceptors (Lipinski definition) is 8. The average Bonchev–Trinajstić information content (AvgIpc) is 3.37. The summed E-state index contributed by atoms with van der Waals surface area (Å²) in [5, 5.41) is 14.3. The van der Waals surface area contributed by atoms with Gasteiger partial charge < -0.3 is 19.6 Å². The predicted molar refractivity (Wildman–Crippen MR) is 138 cm³/mol. The highest BCUT2D eigenvalue weighted by atomic mass is 16.5. The third kappa shape index (κ3) is 4.83. The highest BCUT2D eigenvalue weighted by Gasteiger charge is 2.33. The number of methoxy groups -OCH3 is 1. The molecule has 1 aliphatic rings. The van der Waals surface area contributed by atoms with E-state index in [-0.39, 0.29) is 5.97 Å². The molecular weight excluding hydrogens is 456 g/mol. The van der Waals surface area contributed by atoms with Gasteiger partial charge in [0.2, 0.25) is 5.89 Å². The summed E-state index contributed by atoms with van der Waals surface area (Å²) in [5.41, 5.74) is 4.94. The van der Waals surface area contributed by atoms with Crippen molar-refractivity contribution in [3.63, 3.8) is 0 Å². The van der Waals surface area contributed by atoms with Gasteiger partial charge in [-0.15, -0.1) is 0 Å². The van der Waals surface area contributed by atoms with Gasteiger partial charge >= 0.3 is 5.97 Å². The molecule has 0 amide bonds. The monoisotopic (exact) mass is 486 g/mol. The van der Waals surface area contributed by atoms with E-state index < -0.39 is 12.3 Å². The van der Waals surface area contributed by atoms with E-state index in [0.29, 0.717) is 37.7 Å². The number of oxazole rings is 1. The van der Waals surface area contributed by atoms with Gasteiger partial charge in [-0.25, -0.2) is 9.78 Å². The number of nitrogens with zero attached hydrogens (tertiary/aromatic N) is 3. The number of carbonyl (C=O) groups is 1. The average molecular weight is 487 g/mol. The van der Waals surface area contributed by atoms with Crippen molar-refractivity contribution in [1.82, 2.24) is 14.8 Å². The van der Waals surface area contributed by atoms with Gasteiger partial charge in [0.1, 0.15) is 17.8 Å². The fraction of sp³-hybridized carbons (Fsp3) is 0.286. The zero-order chi connectivity index (χ0) is 25.1. The molecule has 0 radical (unpaired) electrons. The van der Waals surface area contributed by atoms with Crippen LogP contribution in [0.3, 0.4) is 0 Å². The third-order valence-corrected chi connectivity index (χ3v) is 6.71. The van der Waals surface area contributed by atoms with Gasteiger partial charge in [0.05, 0.1) is 7.11 Å². The molecule has 3 aromatic carbocycles. The van der Waals surface area contributed by atoms with Gasteiger partial charge in [-0.1, -0.05) is 42.5 Å². The van der Waals surface area contributed by atoms with Crippen LogP contribution in [0.4, 0.5) is 5.69 Å². The maximum atomic E-state index is 12.6. The van der Waals surface area contributed by atoms with Crippen molar-refractivity contribution in [2.24, 2.45) is 0 Å². The van der Waals surface area contributed by atoms with Crippen LogP contribution in [0.5, 0.6) is 0 Å². The predicted octanol–water partition coefficient (Wildman–Crippen LogP) is 4.06. The van der Waals surface area contributed by atoms with Crippen LogP contribution < -0.4 is 5.32 Å². The number of nitrogens with one attached hydrogen (secondary N) is 1. The van der Waals surface area contributed by atoms with Crippen LogP contribution in [0.1, 0.15) is 23.4 Å². The van der Waals surface area contributed by atoms with Crippen molar-refractivity contribution >= 4 is 22.8 Å². The van der Waals surface area contributed by atoms with Gasteiger partial charge in [0.25, 0.3) is 0 Å². The van der Waals surface area contributed by atoms with E-state index in [9.17, 15) is 9.90 Å². The first-order chi connectivity index (χ1) is 17.6. The molecule has 1 fully saturated rings. The molecule has 36 heavy (non-hydrogen) atoms. The molecule has 5 rings (SSSR count). The molecule has 186 valence electrons. The first kappa shape index (κ1) is 24.0. The Kier molecular flexibility index (Phi) is 6.99. The summed E-state index contributed by atoms with van der Waals surface area (Å²) < 4.78 is 11.1. The van der Waals surface area contributed by atoms with E-state index >= 15 is 0 Å². The van der Waals surface area contributed by atoms with Crippen LogP contribution in [-0.4, -0.2) is 66.2 Å². The van der Waals surface area contributed by atoms with Crippen molar-refractivity contribution in [2.75, 3.05) is 45.7 Å². The van der Waals surface area contributed by atoms with E-state index in [4.69, 9.17) is 9.15 Å². The van der Waals surface area contributed by atoms with Crippen LogP contribution in [-0.2, 0) is 9.53 Å². The zero-order valence-corrected chi connectivity index (χ0v) is 20.4. The summed E-state index contributed by atoms with van der Waals surface area (Å²) in [5.74, 6) is 0.240. The second-order valence-corrected chi connectivity index (χ2v) is 8.86. The molecule has 2 atom stereocenters. The van der Waals surface area contributed by atoms with Gasteiger partial charge in [-0.3, -0.25) is 9.80 Å². The largest absolute Gasteiger partial charge is 0.468 e. The fourth-order valence-electron chi connectivity index (χ4n) is 4.73. The summed E-state index contributed by atoms with van der Waals surface area (Å²) in [7, 11) is 3.28. The van der Waals surface area contributed by atoms with Gasteiger partial charge in [0, 0.05) is 44.5 Å². The molecule has 1 aromatic heterocycles. The molecule has 0 saturated carbocycles. The van der Waals surface area contributed by atoms with E-state index in [1.165, 1.54) is 7.11 Å². The zero-order valence-electron chi connectivity index (χ0n) is 20.4. The number of fused-ring (bicyclic) bond motifs is 1. The lowest BCUT2D eigenvalue weighted by atomic mass is 10.0. The Labute approximate surface area is 210 Å². The summed E-state index contributed by atoms with van der Waals surface area (Å²) >= 11 is 0. The number of esters is 1. The van der Waals surface area contributed by atoms with Crippen molar-refractivity contribution in [1.29, 1.82) is 0 Å². The number of rotatable bonds is 7. The minimum absolute atomic E-state index is 0.275. The SMILES string of the molecule is CNc1ccc2oc(-c3cccc(C(O)N4CCN(C(C(=O)OC)c5ccccc5)CC4)c3)nc2c1. The fourth-order valence-corrected chi connectivity index (χ4v) is 4.73. The molecule has 1 aliphatic heterocycles. The van der Waals surface area contributed by atoms with Crippen LogP contribution >= 0.6 is 0 Å². The van der Waals surface area contributed by atoms with Gasteiger partial charge in [0.15, 0.2) is 5.58 Å². The van der Waals surface area contributed by atoms with E-state index in [0.717, 1.165) is 27.9 Å². The topological polar surface area (TPSA) is 91.1 Å². The van der Waals surface area contributed by atoms with Crippen molar-refractivity contribution in [3.05, 3.63) is 83.9 Å². The minimum atomic E-state index is -0.777. The lowest BCUT2D eigenvalue weighted by molar-refractivity contribution is -0.148. The molecule has 2 N–H and O–H groups in total. The maximum absolute atomic E-state index is 12.6. The summed E-state index contributed by atoms with van der Waals surface area (Å²) in [4.78, 5) is 21.3. The standard InChI is InChI=1S/C28H30N4O4/c1-29-22-11-12-24-23(18-22)30-26(36-24)20-9-6-10-21(17-20)27(33)32-15-13-31(14-16-32)25(28(34)35-2)19-7-4-3-5-8-19/h3-12,17-18,25,27,29,33H,13-16H2,1-2H3. The quantitative estimate of drug-likeness (QED) is 0.378. The normalized spacial score (nSPS) is 16.5. The number of piperazine rings is 1. The lowest BCUT2D eigenvalue weighted by Gasteiger charge is -2.40. The maximum Gasteiger partial charge on any atom is 0.327 e. The molecular formula is C28H30N4O4. The summed E-state index contributed by atoms with van der Waals surface area (Å²) in [6.45, 7) is 2.48. The number of hydrogen-bond donors (Lipinski definition) is 2. The Morgan fingerprint density at radius 2 is 1.69 bits per heavy atom. The molecule has 1 saturated heterocycles. The van der Waals surface area contributed by atoms with Crippen molar-refractivity contribution in [2.45, 2.75) is 12.3 Å². The molecule has 0 aliphatic carbocycles. The Morgan fingerprint density at radius 3 is 2.42 bits per heavy atom. The number of ether oxygens (including phenoxy) is 1. The second kappa shape index (κ2) is 10.5. The number of aliphatic hydroxyl groups is 1. The van der Waals surface area contributed by atoms with Crippen molar-refractivity contribution in [3.8, 4) is 11.5 Å². The number of benzene rings is 3. The highest BCUT2D eigenvalue weighted by molar-refractivity contribution is 5.80. The second-order valence-electron chi connectivity index (χ2n) is 8.86. The Balaban J connectivity index is 1.30. The summed E-state index contributed by atoms with van der Waals surface area (Å²) in [6.07, 6.45) is -0.777. The van der Waals surface area contributed by atoms with Crippen LogP contribution in [0.15, 0.2) is 77.2 Å². The van der Waals surface area contributed by atoms with E-state index in [1.54, 1.807) is 0 Å². The molecule has 8 nitrogen and oxygen atoms in total. The van der Waals surface area contributed by atoms with Crippen LogP contribution in [0.2, 0.25) is 0 Å². The Hall–Kier alpha value is -3.72. The summed E-state index contributed by atoms with van der Waals surface area (Å²) in [6, 6.07) is 22.7. The van der Waals surface area contributed by atoms with Gasteiger partial charge in [-0.05, 0) is 41.5 Å². The van der Waals surface area contributed by atoms with Crippen molar-refractivity contribution < 1.29 is 19.1 Å². The molecule has 0 spiro atoms. The number of aromatic nitrogens is 1. The lowest BCUT2D eigenvalue weighted by Crippen LogP contribution is -2.50. The first-order valence-electron chi connectivity index (χ1n) is 12.0. The highest BCUT2D eigenvalue weighted by Crippen LogP contribution is 2.30.